The van der Waals surface area contributed by atoms with Gasteiger partial charge in [-0.3, -0.25) is 14.9 Å². The molecule has 2 N–H and O–H groups in total. The molecule has 0 saturated carbocycles. The van der Waals surface area contributed by atoms with Crippen molar-refractivity contribution in [3.05, 3.63) is 42.0 Å². The van der Waals surface area contributed by atoms with E-state index < -0.39 is 5.91 Å². The highest BCUT2D eigenvalue weighted by atomic mass is 16.5. The number of aromatic nitrogens is 2. The third kappa shape index (κ3) is 4.14. The highest BCUT2D eigenvalue weighted by Gasteiger charge is 2.18. The average molecular weight is 412 g/mol. The molecular formula is C21H24N4O5. The van der Waals surface area contributed by atoms with E-state index in [9.17, 15) is 9.59 Å². The smallest absolute Gasteiger partial charge is 0.251 e. The first-order valence-electron chi connectivity index (χ1n) is 9.35. The molecule has 3 rings (SSSR count). The average Bonchev–Trinajstić information content (AvgIpc) is 3.12. The summed E-state index contributed by atoms with van der Waals surface area (Å²) >= 11 is 0. The molecular weight excluding hydrogens is 388 g/mol. The van der Waals surface area contributed by atoms with Crippen LogP contribution in [0.15, 0.2) is 36.4 Å². The van der Waals surface area contributed by atoms with Gasteiger partial charge in [-0.15, -0.1) is 0 Å². The van der Waals surface area contributed by atoms with Crippen molar-refractivity contribution in [2.75, 3.05) is 33.2 Å². The Morgan fingerprint density at radius 1 is 1.03 bits per heavy atom. The Bertz CT molecular complexity index is 1050. The van der Waals surface area contributed by atoms with Gasteiger partial charge >= 0.3 is 0 Å². The fourth-order valence-electron chi connectivity index (χ4n) is 3.13. The van der Waals surface area contributed by atoms with Gasteiger partial charge in [-0.1, -0.05) is 12.1 Å². The van der Waals surface area contributed by atoms with Crippen molar-refractivity contribution in [3.8, 4) is 17.2 Å². The summed E-state index contributed by atoms with van der Waals surface area (Å²) < 4.78 is 17.7. The molecule has 0 bridgehead atoms. The number of para-hydroxylation sites is 2. The van der Waals surface area contributed by atoms with Gasteiger partial charge in [-0.25, -0.2) is 4.98 Å². The fourth-order valence-corrected chi connectivity index (χ4v) is 3.13. The maximum atomic E-state index is 12.5. The van der Waals surface area contributed by atoms with E-state index in [1.807, 2.05) is 35.8 Å². The van der Waals surface area contributed by atoms with Crippen molar-refractivity contribution in [3.63, 3.8) is 0 Å². The zero-order chi connectivity index (χ0) is 21.7. The maximum Gasteiger partial charge on any atom is 0.251 e. The Morgan fingerprint density at radius 3 is 2.30 bits per heavy atom. The molecule has 0 aliphatic heterocycles. The summed E-state index contributed by atoms with van der Waals surface area (Å²) in [6, 6.07) is 10.7. The van der Waals surface area contributed by atoms with Gasteiger partial charge < -0.3 is 24.1 Å². The Morgan fingerprint density at radius 2 is 1.70 bits per heavy atom. The topological polar surface area (TPSA) is 104 Å². The summed E-state index contributed by atoms with van der Waals surface area (Å²) in [5.41, 5.74) is 1.99. The van der Waals surface area contributed by atoms with Gasteiger partial charge in [0.2, 0.25) is 17.6 Å². The molecule has 30 heavy (non-hydrogen) atoms. The van der Waals surface area contributed by atoms with Gasteiger partial charge in [-0.2, -0.15) is 0 Å². The van der Waals surface area contributed by atoms with E-state index in [1.165, 1.54) is 33.5 Å². The van der Waals surface area contributed by atoms with Crippen LogP contribution in [0.2, 0.25) is 0 Å². The second-order valence-corrected chi connectivity index (χ2v) is 6.31. The van der Waals surface area contributed by atoms with Crippen LogP contribution in [0.25, 0.3) is 11.0 Å². The highest BCUT2D eigenvalue weighted by molar-refractivity contribution is 6.00. The zero-order valence-corrected chi connectivity index (χ0v) is 17.3. The fraction of sp³-hybridized carbons (Fsp3) is 0.286. The molecule has 0 saturated heterocycles. The molecule has 0 aliphatic carbocycles. The number of carbonyl (C=O) groups excluding carboxylic acids is 2. The van der Waals surface area contributed by atoms with E-state index in [0.717, 1.165) is 11.0 Å². The van der Waals surface area contributed by atoms with Crippen LogP contribution in [0.5, 0.6) is 17.2 Å². The molecule has 0 atom stereocenters. The Balaban J connectivity index is 1.70. The number of aryl methyl sites for hydroxylation is 1. The maximum absolute atomic E-state index is 12.5. The normalized spacial score (nSPS) is 10.5. The number of benzene rings is 2. The second kappa shape index (κ2) is 9.17. The molecule has 0 spiro atoms. The minimum absolute atomic E-state index is 0.220. The molecule has 9 heteroatoms. The van der Waals surface area contributed by atoms with E-state index in [0.29, 0.717) is 29.7 Å². The molecule has 1 aromatic heterocycles. The van der Waals surface area contributed by atoms with E-state index in [1.54, 1.807) is 0 Å². The summed E-state index contributed by atoms with van der Waals surface area (Å²) in [5.74, 6) is 0.680. The van der Waals surface area contributed by atoms with Crippen molar-refractivity contribution in [1.82, 2.24) is 14.9 Å². The first-order chi connectivity index (χ1) is 14.5. The minimum atomic E-state index is -0.451. The number of methoxy groups -OCH3 is 3. The van der Waals surface area contributed by atoms with Crippen molar-refractivity contribution in [1.29, 1.82) is 0 Å². The summed E-state index contributed by atoms with van der Waals surface area (Å²) in [7, 11) is 4.41. The van der Waals surface area contributed by atoms with Gasteiger partial charge in [0.05, 0.1) is 38.9 Å². The predicted octanol–water partition coefficient (Wildman–Crippen LogP) is 2.45. The number of nitrogens with one attached hydrogen (secondary N) is 2. The van der Waals surface area contributed by atoms with E-state index >= 15 is 0 Å². The summed E-state index contributed by atoms with van der Waals surface area (Å²) in [5, 5.41) is 5.34. The first-order valence-corrected chi connectivity index (χ1v) is 9.35. The Labute approximate surface area is 173 Å². The lowest BCUT2D eigenvalue weighted by Crippen LogP contribution is -2.33. The number of hydrogen-bond acceptors (Lipinski definition) is 6. The molecule has 3 aromatic rings. The number of fused-ring (bicyclic) bond motifs is 1. The summed E-state index contributed by atoms with van der Waals surface area (Å²) in [6.07, 6.45) is 0. The van der Waals surface area contributed by atoms with Gasteiger partial charge in [0.25, 0.3) is 5.91 Å². The lowest BCUT2D eigenvalue weighted by atomic mass is 10.1. The number of hydrogen-bond donors (Lipinski definition) is 2. The van der Waals surface area contributed by atoms with Crippen LogP contribution >= 0.6 is 0 Å². The number of carbonyl (C=O) groups is 2. The highest BCUT2D eigenvalue weighted by Crippen LogP contribution is 2.38. The van der Waals surface area contributed by atoms with Crippen LogP contribution in [0.1, 0.15) is 17.3 Å². The third-order valence-corrected chi connectivity index (χ3v) is 4.56. The number of amides is 2. The van der Waals surface area contributed by atoms with Crippen molar-refractivity contribution < 1.29 is 23.8 Å². The molecule has 0 aliphatic rings. The SMILES string of the molecule is CCn1c(NC(=O)CNC(=O)c2cc(OC)c(OC)c(OC)c2)nc2ccccc21. The Kier molecular flexibility index (Phi) is 6.41. The van der Waals surface area contributed by atoms with E-state index in [-0.39, 0.29) is 18.0 Å². The molecule has 2 aromatic carbocycles. The lowest BCUT2D eigenvalue weighted by Gasteiger charge is -2.14. The quantitative estimate of drug-likeness (QED) is 0.589. The van der Waals surface area contributed by atoms with Crippen LogP contribution in [-0.2, 0) is 11.3 Å². The number of nitrogens with zero attached hydrogens (tertiary/aromatic N) is 2. The van der Waals surface area contributed by atoms with E-state index in [4.69, 9.17) is 14.2 Å². The van der Waals surface area contributed by atoms with Gasteiger partial charge in [0, 0.05) is 12.1 Å². The lowest BCUT2D eigenvalue weighted by molar-refractivity contribution is -0.115. The van der Waals surface area contributed by atoms with Crippen molar-refractivity contribution in [2.45, 2.75) is 13.5 Å². The molecule has 0 radical (unpaired) electrons. The number of rotatable bonds is 8. The summed E-state index contributed by atoms with van der Waals surface area (Å²) in [6.45, 7) is 2.40. The van der Waals surface area contributed by atoms with Gasteiger partial charge in [0.15, 0.2) is 11.5 Å². The molecule has 0 fully saturated rings. The molecule has 9 nitrogen and oxygen atoms in total. The van der Waals surface area contributed by atoms with Crippen LogP contribution in [0.3, 0.4) is 0 Å². The van der Waals surface area contributed by atoms with E-state index in [2.05, 4.69) is 15.6 Å². The second-order valence-electron chi connectivity index (χ2n) is 6.31. The largest absolute Gasteiger partial charge is 0.493 e. The standard InChI is InChI=1S/C21H24N4O5/c1-5-25-15-9-7-6-8-14(15)23-21(25)24-18(26)12-22-20(27)13-10-16(28-2)19(30-4)17(11-13)29-3/h6-11H,5,12H2,1-4H3,(H,22,27)(H,23,24,26). The molecule has 158 valence electrons. The van der Waals surface area contributed by atoms with Crippen molar-refractivity contribution >= 4 is 28.8 Å². The van der Waals surface area contributed by atoms with Crippen LogP contribution in [-0.4, -0.2) is 49.2 Å². The van der Waals surface area contributed by atoms with Crippen LogP contribution in [0.4, 0.5) is 5.95 Å². The number of imidazole rings is 1. The molecule has 1 heterocycles. The van der Waals surface area contributed by atoms with Crippen LogP contribution in [0, 0.1) is 0 Å². The number of ether oxygens (including phenoxy) is 3. The third-order valence-electron chi connectivity index (χ3n) is 4.56. The monoisotopic (exact) mass is 412 g/mol. The Hall–Kier alpha value is -3.75. The van der Waals surface area contributed by atoms with Crippen LogP contribution < -0.4 is 24.8 Å². The van der Waals surface area contributed by atoms with Crippen molar-refractivity contribution in [2.24, 2.45) is 0 Å². The van der Waals surface area contributed by atoms with Gasteiger partial charge in [0.1, 0.15) is 0 Å². The predicted molar refractivity (Wildman–Crippen MR) is 112 cm³/mol. The number of anilines is 1. The summed E-state index contributed by atoms with van der Waals surface area (Å²) in [4.78, 5) is 29.4. The minimum Gasteiger partial charge on any atom is -0.493 e. The zero-order valence-electron chi connectivity index (χ0n) is 17.3. The molecule has 2 amide bonds. The molecule has 0 unspecified atom stereocenters. The van der Waals surface area contributed by atoms with Gasteiger partial charge in [-0.05, 0) is 31.2 Å². The first kappa shape index (κ1) is 21.0.